The third-order valence-corrected chi connectivity index (χ3v) is 8.03. The topological polar surface area (TPSA) is 38.8 Å². The Labute approximate surface area is 174 Å². The van der Waals surface area contributed by atoms with Crippen LogP contribution in [0.15, 0.2) is 24.3 Å². The van der Waals surface area contributed by atoms with E-state index in [1.54, 1.807) is 0 Å². The molecule has 5 rings (SSSR count). The van der Waals surface area contributed by atoms with E-state index >= 15 is 0 Å². The molecular formula is C25H35NO3. The maximum Gasteiger partial charge on any atom is 0.316 e. The van der Waals surface area contributed by atoms with Crippen molar-refractivity contribution >= 4 is 11.7 Å². The highest BCUT2D eigenvalue weighted by Gasteiger charge is 2.56. The minimum atomic E-state index is -0.400. The first-order valence-corrected chi connectivity index (χ1v) is 11.8. The molecule has 4 aliphatic rings. The van der Waals surface area contributed by atoms with E-state index in [9.17, 15) is 4.79 Å². The Bertz CT molecular complexity index is 762. The van der Waals surface area contributed by atoms with Gasteiger partial charge in [0.05, 0.1) is 17.9 Å². The molecule has 3 fully saturated rings. The van der Waals surface area contributed by atoms with Crippen molar-refractivity contribution in [2.45, 2.75) is 83.6 Å². The number of carbonyl (C=O) groups is 1. The molecular weight excluding hydrogens is 362 g/mol. The molecule has 158 valence electrons. The number of anilines is 1. The van der Waals surface area contributed by atoms with Gasteiger partial charge >= 0.3 is 5.97 Å². The molecule has 0 unspecified atom stereocenters. The van der Waals surface area contributed by atoms with Crippen LogP contribution >= 0.6 is 0 Å². The molecule has 0 radical (unpaired) electrons. The van der Waals surface area contributed by atoms with Crippen molar-refractivity contribution < 1.29 is 14.3 Å². The van der Waals surface area contributed by atoms with E-state index < -0.39 is 6.29 Å². The van der Waals surface area contributed by atoms with Gasteiger partial charge in [-0.05, 0) is 61.5 Å². The molecule has 2 saturated heterocycles. The summed E-state index contributed by atoms with van der Waals surface area (Å²) in [4.78, 5) is 15.6. The number of esters is 1. The zero-order chi connectivity index (χ0) is 20.1. The number of nitrogens with zero attached hydrogens (tertiary/aromatic N) is 1. The summed E-state index contributed by atoms with van der Waals surface area (Å²) in [6, 6.07) is 8.80. The number of cyclic esters (lactones) is 1. The van der Waals surface area contributed by atoms with Crippen LogP contribution < -0.4 is 4.90 Å². The zero-order valence-corrected chi connectivity index (χ0v) is 18.0. The van der Waals surface area contributed by atoms with Crippen molar-refractivity contribution in [2.75, 3.05) is 11.4 Å². The monoisotopic (exact) mass is 397 g/mol. The molecule has 4 nitrogen and oxygen atoms in total. The average Bonchev–Trinajstić information content (AvgIpc) is 3.04. The lowest BCUT2D eigenvalue weighted by Crippen LogP contribution is -2.52. The molecule has 0 amide bonds. The second kappa shape index (κ2) is 7.61. The number of rotatable bonds is 3. The number of hydrogen-bond donors (Lipinski definition) is 0. The summed E-state index contributed by atoms with van der Waals surface area (Å²) in [6.07, 6.45) is 6.95. The van der Waals surface area contributed by atoms with E-state index in [2.05, 4.69) is 49.9 Å². The van der Waals surface area contributed by atoms with E-state index in [-0.39, 0.29) is 23.9 Å². The van der Waals surface area contributed by atoms with Crippen molar-refractivity contribution in [2.24, 2.45) is 23.7 Å². The van der Waals surface area contributed by atoms with Gasteiger partial charge in [-0.15, -0.1) is 0 Å². The smallest absolute Gasteiger partial charge is 0.316 e. The first-order chi connectivity index (χ1) is 14.0. The lowest BCUT2D eigenvalue weighted by molar-refractivity contribution is -0.198. The van der Waals surface area contributed by atoms with Gasteiger partial charge in [-0.2, -0.15) is 0 Å². The fourth-order valence-electron chi connectivity index (χ4n) is 6.55. The van der Waals surface area contributed by atoms with Crippen LogP contribution in [-0.2, 0) is 14.3 Å². The summed E-state index contributed by atoms with van der Waals surface area (Å²) in [7, 11) is 0. The largest absolute Gasteiger partial charge is 0.435 e. The normalized spacial score (nSPS) is 39.0. The maximum atomic E-state index is 13.1. The zero-order valence-electron chi connectivity index (χ0n) is 18.0. The van der Waals surface area contributed by atoms with Crippen molar-refractivity contribution in [1.29, 1.82) is 0 Å². The number of ether oxygens (including phenoxy) is 2. The molecule has 0 N–H and O–H groups in total. The lowest BCUT2D eigenvalue weighted by Gasteiger charge is -2.48. The summed E-state index contributed by atoms with van der Waals surface area (Å²) < 4.78 is 12.7. The number of carbonyl (C=O) groups excluding carboxylic acids is 1. The highest BCUT2D eigenvalue weighted by molar-refractivity contribution is 5.85. The molecule has 0 bridgehead atoms. The Morgan fingerprint density at radius 2 is 1.97 bits per heavy atom. The number of hydrogen-bond acceptors (Lipinski definition) is 4. The third kappa shape index (κ3) is 3.28. The molecule has 0 spiro atoms. The molecule has 1 aromatic carbocycles. The van der Waals surface area contributed by atoms with Crippen molar-refractivity contribution in [1.82, 2.24) is 0 Å². The van der Waals surface area contributed by atoms with Crippen molar-refractivity contribution in [3.63, 3.8) is 0 Å². The van der Waals surface area contributed by atoms with Gasteiger partial charge in [0.25, 0.3) is 0 Å². The number of para-hydroxylation sites is 1. The fourth-order valence-corrected chi connectivity index (χ4v) is 6.55. The minimum Gasteiger partial charge on any atom is -0.435 e. The van der Waals surface area contributed by atoms with Gasteiger partial charge in [-0.25, -0.2) is 0 Å². The molecule has 3 aliphatic heterocycles. The molecule has 1 saturated carbocycles. The summed E-state index contributed by atoms with van der Waals surface area (Å²) in [6.45, 7) is 8.01. The quantitative estimate of drug-likeness (QED) is 0.664. The summed E-state index contributed by atoms with van der Waals surface area (Å²) in [5.74, 6) is 1.70. The Morgan fingerprint density at radius 1 is 1.14 bits per heavy atom. The van der Waals surface area contributed by atoms with Crippen molar-refractivity contribution in [3.8, 4) is 0 Å². The van der Waals surface area contributed by atoms with E-state index in [1.807, 2.05) is 0 Å². The Morgan fingerprint density at radius 3 is 2.79 bits per heavy atom. The average molecular weight is 398 g/mol. The van der Waals surface area contributed by atoms with Crippen LogP contribution in [0.2, 0.25) is 0 Å². The first kappa shape index (κ1) is 19.4. The number of fused-ring (bicyclic) bond motifs is 6. The third-order valence-electron chi connectivity index (χ3n) is 8.03. The van der Waals surface area contributed by atoms with E-state index in [1.165, 1.54) is 31.4 Å². The highest BCUT2D eigenvalue weighted by atomic mass is 16.7. The van der Waals surface area contributed by atoms with Gasteiger partial charge < -0.3 is 14.4 Å². The molecule has 1 aromatic rings. The molecule has 7 atom stereocenters. The predicted octanol–water partition coefficient (Wildman–Crippen LogP) is 5.12. The maximum absolute atomic E-state index is 13.1. The van der Waals surface area contributed by atoms with Crippen LogP contribution in [0.3, 0.4) is 0 Å². The lowest BCUT2D eigenvalue weighted by atomic mass is 9.73. The molecule has 1 aliphatic carbocycles. The van der Waals surface area contributed by atoms with Crippen LogP contribution in [0.4, 0.5) is 5.69 Å². The van der Waals surface area contributed by atoms with Gasteiger partial charge in [0, 0.05) is 18.3 Å². The standard InChI is InChI=1S/C25H35NO3/c1-15(2)17-12-11-16(3)14-21(17)28-25-23-20-10-6-7-13-26(20)19-9-5-4-8-18(19)22(23)24(27)29-25/h4-5,8-9,15-17,20-23,25H,6-7,10-14H2,1-3H3/t16-,17+,20+,21-,22+,23-,25-/m1/s1. The summed E-state index contributed by atoms with van der Waals surface area (Å²) in [5, 5.41) is 0. The minimum absolute atomic E-state index is 0.0809. The van der Waals surface area contributed by atoms with E-state index in [4.69, 9.17) is 9.47 Å². The van der Waals surface area contributed by atoms with Crippen LogP contribution in [0.5, 0.6) is 0 Å². The molecule has 0 aromatic heterocycles. The first-order valence-electron chi connectivity index (χ1n) is 11.8. The molecule has 29 heavy (non-hydrogen) atoms. The van der Waals surface area contributed by atoms with Crippen LogP contribution in [-0.4, -0.2) is 30.9 Å². The van der Waals surface area contributed by atoms with Crippen LogP contribution in [0, 0.1) is 23.7 Å². The second-order valence-corrected chi connectivity index (χ2v) is 10.2. The van der Waals surface area contributed by atoms with Gasteiger partial charge in [0.2, 0.25) is 6.29 Å². The van der Waals surface area contributed by atoms with Crippen LogP contribution in [0.1, 0.15) is 70.8 Å². The van der Waals surface area contributed by atoms with E-state index in [0.717, 1.165) is 24.9 Å². The molecule has 3 heterocycles. The predicted molar refractivity (Wildman–Crippen MR) is 114 cm³/mol. The summed E-state index contributed by atoms with van der Waals surface area (Å²) in [5.41, 5.74) is 2.38. The SMILES string of the molecule is CC(C)[C@@H]1CC[C@@H](C)C[C@H]1O[C@@H]1OC(=O)[C@H]2c3ccccc3N3CCCC[C@H]3[C@@H]12. The van der Waals surface area contributed by atoms with Gasteiger partial charge in [0.1, 0.15) is 0 Å². The Balaban J connectivity index is 1.46. The van der Waals surface area contributed by atoms with E-state index in [0.29, 0.717) is 23.8 Å². The highest BCUT2D eigenvalue weighted by Crippen LogP contribution is 2.51. The van der Waals surface area contributed by atoms with Crippen molar-refractivity contribution in [3.05, 3.63) is 29.8 Å². The van der Waals surface area contributed by atoms with Gasteiger partial charge in [-0.3, -0.25) is 4.79 Å². The number of piperidine rings is 1. The number of benzene rings is 1. The summed E-state index contributed by atoms with van der Waals surface area (Å²) >= 11 is 0. The fraction of sp³-hybridized carbons (Fsp3) is 0.720. The molecule has 4 heteroatoms. The van der Waals surface area contributed by atoms with Crippen LogP contribution in [0.25, 0.3) is 0 Å². The Hall–Kier alpha value is -1.55. The van der Waals surface area contributed by atoms with Gasteiger partial charge in [-0.1, -0.05) is 45.4 Å². The van der Waals surface area contributed by atoms with Gasteiger partial charge in [0.15, 0.2) is 0 Å². The Kier molecular flexibility index (Phi) is 5.09. The second-order valence-electron chi connectivity index (χ2n) is 10.2.